The van der Waals surface area contributed by atoms with Gasteiger partial charge in [0.2, 0.25) is 0 Å². The molecule has 1 rings (SSSR count). The van der Waals surface area contributed by atoms with Crippen LogP contribution in [-0.2, 0) is 6.54 Å². The van der Waals surface area contributed by atoms with Crippen LogP contribution in [0.25, 0.3) is 0 Å². The number of unbranched alkanes of at least 4 members (excludes halogenated alkanes) is 3. The number of rotatable bonds is 9. The second-order valence-corrected chi connectivity index (χ2v) is 5.45. The lowest BCUT2D eigenvalue weighted by Crippen LogP contribution is -2.25. The van der Waals surface area contributed by atoms with Gasteiger partial charge in [0.15, 0.2) is 0 Å². The molecule has 4 nitrogen and oxygen atoms in total. The average molecular weight is 278 g/mol. The number of hydrogen-bond donors (Lipinski definition) is 1. The molecule has 1 aromatic rings. The third kappa shape index (κ3) is 5.29. The van der Waals surface area contributed by atoms with Gasteiger partial charge in [-0.1, -0.05) is 44.7 Å². The fourth-order valence-corrected chi connectivity index (χ4v) is 2.32. The van der Waals surface area contributed by atoms with Crippen molar-refractivity contribution < 1.29 is 4.92 Å². The number of nitrogens with zero attached hydrogens (tertiary/aromatic N) is 1. The molecule has 0 aromatic heterocycles. The Kier molecular flexibility index (Phi) is 7.23. The van der Waals surface area contributed by atoms with Crippen LogP contribution in [0.5, 0.6) is 0 Å². The molecular formula is C16H26N2O2. The van der Waals surface area contributed by atoms with Gasteiger partial charge in [-0.3, -0.25) is 10.1 Å². The van der Waals surface area contributed by atoms with E-state index < -0.39 is 0 Å². The summed E-state index contributed by atoms with van der Waals surface area (Å²) in [7, 11) is 0. The molecule has 112 valence electrons. The Morgan fingerprint density at radius 3 is 2.70 bits per heavy atom. The van der Waals surface area contributed by atoms with Crippen LogP contribution in [-0.4, -0.2) is 11.0 Å². The molecule has 1 unspecified atom stereocenters. The van der Waals surface area contributed by atoms with Crippen LogP contribution in [0.4, 0.5) is 5.69 Å². The number of nitro benzene ring substituents is 1. The first-order chi connectivity index (χ1) is 9.56. The summed E-state index contributed by atoms with van der Waals surface area (Å²) in [6, 6.07) is 5.73. The molecule has 0 bridgehead atoms. The zero-order chi connectivity index (χ0) is 15.0. The molecule has 1 aromatic carbocycles. The van der Waals surface area contributed by atoms with Gasteiger partial charge in [-0.25, -0.2) is 0 Å². The summed E-state index contributed by atoms with van der Waals surface area (Å²) in [6.45, 7) is 6.91. The first-order valence-electron chi connectivity index (χ1n) is 7.52. The lowest BCUT2D eigenvalue weighted by molar-refractivity contribution is -0.385. The Hall–Kier alpha value is -1.42. The maximum atomic E-state index is 10.9. The minimum Gasteiger partial charge on any atom is -0.310 e. The van der Waals surface area contributed by atoms with E-state index in [1.165, 1.54) is 25.7 Å². The Morgan fingerprint density at radius 1 is 1.30 bits per heavy atom. The maximum Gasteiger partial charge on any atom is 0.272 e. The van der Waals surface area contributed by atoms with Gasteiger partial charge in [0, 0.05) is 24.2 Å². The van der Waals surface area contributed by atoms with Gasteiger partial charge in [0.1, 0.15) is 0 Å². The molecule has 20 heavy (non-hydrogen) atoms. The van der Waals surface area contributed by atoms with Crippen molar-refractivity contribution in [2.45, 2.75) is 65.5 Å². The van der Waals surface area contributed by atoms with Crippen molar-refractivity contribution in [2.75, 3.05) is 0 Å². The van der Waals surface area contributed by atoms with Crippen LogP contribution in [0, 0.1) is 17.0 Å². The minimum atomic E-state index is -0.312. The Morgan fingerprint density at radius 2 is 2.05 bits per heavy atom. The van der Waals surface area contributed by atoms with Gasteiger partial charge >= 0.3 is 0 Å². The van der Waals surface area contributed by atoms with E-state index >= 15 is 0 Å². The van der Waals surface area contributed by atoms with Crippen LogP contribution in [0.2, 0.25) is 0 Å². The molecule has 0 aliphatic rings. The van der Waals surface area contributed by atoms with Gasteiger partial charge < -0.3 is 5.32 Å². The summed E-state index contributed by atoms with van der Waals surface area (Å²) < 4.78 is 0. The summed E-state index contributed by atoms with van der Waals surface area (Å²) in [5.74, 6) is 0. The van der Waals surface area contributed by atoms with Crippen LogP contribution in [0.1, 0.15) is 57.1 Å². The molecule has 0 aliphatic carbocycles. The standard InChI is InChI=1S/C16H26N2O2/c1-4-5-6-7-9-13(2)17-12-15-10-8-11-16(14(15)3)18(19)20/h8,10-11,13,17H,4-7,9,12H2,1-3H3. The highest BCUT2D eigenvalue weighted by atomic mass is 16.6. The quantitative estimate of drug-likeness (QED) is 0.415. The number of benzene rings is 1. The molecule has 0 aliphatic heterocycles. The van der Waals surface area contributed by atoms with Gasteiger partial charge in [-0.05, 0) is 25.8 Å². The predicted molar refractivity (Wildman–Crippen MR) is 82.9 cm³/mol. The van der Waals surface area contributed by atoms with E-state index in [0.29, 0.717) is 12.6 Å². The molecule has 0 heterocycles. The Balaban J connectivity index is 2.45. The van der Waals surface area contributed by atoms with E-state index in [1.54, 1.807) is 12.1 Å². The van der Waals surface area contributed by atoms with Crippen molar-refractivity contribution in [3.05, 3.63) is 39.4 Å². The molecule has 1 N–H and O–H groups in total. The van der Waals surface area contributed by atoms with Crippen molar-refractivity contribution in [1.29, 1.82) is 0 Å². The van der Waals surface area contributed by atoms with Crippen molar-refractivity contribution >= 4 is 5.69 Å². The largest absolute Gasteiger partial charge is 0.310 e. The molecule has 4 heteroatoms. The predicted octanol–water partition coefficient (Wildman–Crippen LogP) is 4.35. The van der Waals surface area contributed by atoms with Crippen molar-refractivity contribution in [3.63, 3.8) is 0 Å². The highest BCUT2D eigenvalue weighted by molar-refractivity contribution is 5.44. The average Bonchev–Trinajstić information content (AvgIpc) is 2.42. The monoisotopic (exact) mass is 278 g/mol. The Bertz CT molecular complexity index is 432. The van der Waals surface area contributed by atoms with Crippen LogP contribution in [0.3, 0.4) is 0 Å². The zero-order valence-electron chi connectivity index (χ0n) is 12.8. The summed E-state index contributed by atoms with van der Waals surface area (Å²) in [5.41, 5.74) is 1.99. The van der Waals surface area contributed by atoms with Crippen LogP contribution >= 0.6 is 0 Å². The van der Waals surface area contributed by atoms with E-state index in [1.807, 2.05) is 13.0 Å². The van der Waals surface area contributed by atoms with Gasteiger partial charge in [-0.2, -0.15) is 0 Å². The topological polar surface area (TPSA) is 55.2 Å². The highest BCUT2D eigenvalue weighted by Crippen LogP contribution is 2.21. The van der Waals surface area contributed by atoms with E-state index in [-0.39, 0.29) is 10.6 Å². The molecule has 0 amide bonds. The number of nitrogens with one attached hydrogen (secondary N) is 1. The zero-order valence-corrected chi connectivity index (χ0v) is 12.8. The first kappa shape index (κ1) is 16.6. The fraction of sp³-hybridized carbons (Fsp3) is 0.625. The number of nitro groups is 1. The second kappa shape index (κ2) is 8.69. The highest BCUT2D eigenvalue weighted by Gasteiger charge is 2.13. The minimum absolute atomic E-state index is 0.208. The van der Waals surface area contributed by atoms with Crippen molar-refractivity contribution in [3.8, 4) is 0 Å². The molecule has 1 atom stereocenters. The number of hydrogen-bond acceptors (Lipinski definition) is 3. The van der Waals surface area contributed by atoms with E-state index in [2.05, 4.69) is 19.2 Å². The maximum absolute atomic E-state index is 10.9. The third-order valence-electron chi connectivity index (χ3n) is 3.75. The van der Waals surface area contributed by atoms with Gasteiger partial charge in [-0.15, -0.1) is 0 Å². The van der Waals surface area contributed by atoms with Crippen molar-refractivity contribution in [1.82, 2.24) is 5.32 Å². The van der Waals surface area contributed by atoms with Crippen molar-refractivity contribution in [2.24, 2.45) is 0 Å². The molecule has 0 spiro atoms. The first-order valence-corrected chi connectivity index (χ1v) is 7.52. The second-order valence-electron chi connectivity index (χ2n) is 5.45. The summed E-state index contributed by atoms with van der Waals surface area (Å²) in [5, 5.41) is 14.4. The summed E-state index contributed by atoms with van der Waals surface area (Å²) >= 11 is 0. The van der Waals surface area contributed by atoms with Gasteiger partial charge in [0.25, 0.3) is 5.69 Å². The third-order valence-corrected chi connectivity index (χ3v) is 3.75. The molecule has 0 fully saturated rings. The molecular weight excluding hydrogens is 252 g/mol. The molecule has 0 saturated carbocycles. The van der Waals surface area contributed by atoms with Gasteiger partial charge in [0.05, 0.1) is 4.92 Å². The smallest absolute Gasteiger partial charge is 0.272 e. The normalized spacial score (nSPS) is 12.3. The lowest BCUT2D eigenvalue weighted by Gasteiger charge is -2.14. The van der Waals surface area contributed by atoms with Crippen LogP contribution in [0.15, 0.2) is 18.2 Å². The van der Waals surface area contributed by atoms with E-state index in [4.69, 9.17) is 0 Å². The fourth-order valence-electron chi connectivity index (χ4n) is 2.32. The lowest BCUT2D eigenvalue weighted by atomic mass is 10.1. The molecule has 0 saturated heterocycles. The summed E-state index contributed by atoms with van der Waals surface area (Å²) in [6.07, 6.45) is 6.26. The van der Waals surface area contributed by atoms with E-state index in [0.717, 1.165) is 17.5 Å². The SMILES string of the molecule is CCCCCCC(C)NCc1cccc([N+](=O)[O-])c1C. The van der Waals surface area contributed by atoms with Crippen LogP contribution < -0.4 is 5.32 Å². The molecule has 0 radical (unpaired) electrons. The van der Waals surface area contributed by atoms with E-state index in [9.17, 15) is 10.1 Å². The Labute approximate surface area is 121 Å². The summed E-state index contributed by atoms with van der Waals surface area (Å²) in [4.78, 5) is 10.6.